The summed E-state index contributed by atoms with van der Waals surface area (Å²) in [6.07, 6.45) is 5.29. The molecular formula is C14H18N4O2S. The van der Waals surface area contributed by atoms with Gasteiger partial charge in [-0.25, -0.2) is 4.98 Å². The number of rotatable bonds is 6. The predicted octanol–water partition coefficient (Wildman–Crippen LogP) is 1.40. The lowest BCUT2D eigenvalue weighted by Crippen LogP contribution is -2.35. The minimum Gasteiger partial charge on any atom is -0.351 e. The van der Waals surface area contributed by atoms with Crippen molar-refractivity contribution in [1.82, 2.24) is 20.2 Å². The van der Waals surface area contributed by atoms with E-state index in [1.165, 1.54) is 18.3 Å². The lowest BCUT2D eigenvalue weighted by molar-refractivity contribution is -0.119. The summed E-state index contributed by atoms with van der Waals surface area (Å²) >= 11 is 1.39. The van der Waals surface area contributed by atoms with Crippen LogP contribution in [0.3, 0.4) is 0 Å². The van der Waals surface area contributed by atoms with Gasteiger partial charge in [-0.2, -0.15) is 0 Å². The number of carbonyl (C=O) groups excluding carboxylic acids is 2. The van der Waals surface area contributed by atoms with Crippen molar-refractivity contribution in [3.8, 4) is 0 Å². The first-order valence-corrected chi connectivity index (χ1v) is 7.46. The van der Waals surface area contributed by atoms with Crippen LogP contribution in [-0.4, -0.2) is 27.4 Å². The highest BCUT2D eigenvalue weighted by Crippen LogP contribution is 2.16. The Labute approximate surface area is 127 Å². The normalized spacial score (nSPS) is 11.9. The van der Waals surface area contributed by atoms with E-state index in [-0.39, 0.29) is 17.9 Å². The second kappa shape index (κ2) is 7.03. The minimum absolute atomic E-state index is 0.00703. The third kappa shape index (κ3) is 4.71. The molecule has 2 heterocycles. The first kappa shape index (κ1) is 15.2. The van der Waals surface area contributed by atoms with E-state index < -0.39 is 0 Å². The zero-order valence-corrected chi connectivity index (χ0v) is 12.8. The van der Waals surface area contributed by atoms with Crippen molar-refractivity contribution in [2.75, 3.05) is 0 Å². The van der Waals surface area contributed by atoms with E-state index in [2.05, 4.69) is 15.6 Å². The fourth-order valence-electron chi connectivity index (χ4n) is 1.86. The predicted molar refractivity (Wildman–Crippen MR) is 81.0 cm³/mol. The second-order valence-electron chi connectivity index (χ2n) is 4.81. The number of carbonyl (C=O) groups is 2. The largest absolute Gasteiger partial charge is 0.351 e. The number of hydrogen-bond acceptors (Lipinski definition) is 4. The summed E-state index contributed by atoms with van der Waals surface area (Å²) in [4.78, 5) is 28.6. The van der Waals surface area contributed by atoms with E-state index in [9.17, 15) is 9.59 Å². The van der Waals surface area contributed by atoms with Gasteiger partial charge >= 0.3 is 0 Å². The van der Waals surface area contributed by atoms with Crippen LogP contribution in [0.2, 0.25) is 0 Å². The number of nitrogens with zero attached hydrogens (tertiary/aromatic N) is 2. The molecule has 0 saturated carbocycles. The van der Waals surface area contributed by atoms with Crippen molar-refractivity contribution in [2.45, 2.75) is 33.0 Å². The summed E-state index contributed by atoms with van der Waals surface area (Å²) in [6.45, 7) is 4.55. The number of amides is 2. The van der Waals surface area contributed by atoms with Crippen LogP contribution >= 0.6 is 11.3 Å². The van der Waals surface area contributed by atoms with Gasteiger partial charge in [-0.05, 0) is 19.1 Å². The van der Waals surface area contributed by atoms with Crippen molar-refractivity contribution in [3.63, 3.8) is 0 Å². The molecule has 0 fully saturated rings. The van der Waals surface area contributed by atoms with Gasteiger partial charge in [-0.3, -0.25) is 9.59 Å². The van der Waals surface area contributed by atoms with Crippen LogP contribution in [0.15, 0.2) is 30.9 Å². The molecule has 7 heteroatoms. The number of aromatic nitrogens is 2. The average molecular weight is 306 g/mol. The molecule has 2 rings (SSSR count). The maximum Gasteiger partial charge on any atom is 0.261 e. The molecule has 112 valence electrons. The smallest absolute Gasteiger partial charge is 0.261 e. The van der Waals surface area contributed by atoms with Crippen molar-refractivity contribution in [2.24, 2.45) is 0 Å². The van der Waals surface area contributed by atoms with Crippen LogP contribution in [0.4, 0.5) is 0 Å². The summed E-state index contributed by atoms with van der Waals surface area (Å²) in [5, 5.41) is 5.66. The van der Waals surface area contributed by atoms with Crippen molar-refractivity contribution in [1.29, 1.82) is 0 Å². The summed E-state index contributed by atoms with van der Waals surface area (Å²) in [5.74, 6) is -0.176. The maximum atomic E-state index is 12.1. The Kier molecular flexibility index (Phi) is 5.10. The molecule has 2 aromatic rings. The summed E-state index contributed by atoms with van der Waals surface area (Å²) < 4.78 is 1.92. The van der Waals surface area contributed by atoms with E-state index in [1.54, 1.807) is 18.6 Å². The number of thiophene rings is 1. The Morgan fingerprint density at radius 2 is 2.24 bits per heavy atom. The Morgan fingerprint density at radius 1 is 1.43 bits per heavy atom. The second-order valence-corrected chi connectivity index (χ2v) is 5.98. The van der Waals surface area contributed by atoms with Crippen LogP contribution in [0.25, 0.3) is 0 Å². The van der Waals surface area contributed by atoms with Crippen LogP contribution in [0.5, 0.6) is 0 Å². The molecular weight excluding hydrogens is 288 g/mol. The van der Waals surface area contributed by atoms with E-state index in [4.69, 9.17) is 0 Å². The highest BCUT2D eigenvalue weighted by Gasteiger charge is 2.12. The highest BCUT2D eigenvalue weighted by atomic mass is 32.1. The molecule has 2 N–H and O–H groups in total. The van der Waals surface area contributed by atoms with E-state index in [0.717, 1.165) is 4.88 Å². The van der Waals surface area contributed by atoms with Gasteiger partial charge < -0.3 is 15.2 Å². The molecule has 2 amide bonds. The zero-order chi connectivity index (χ0) is 15.2. The molecule has 0 saturated heterocycles. The Bertz CT molecular complexity index is 606. The third-order valence-electron chi connectivity index (χ3n) is 2.82. The molecule has 2 aromatic heterocycles. The molecule has 6 nitrogen and oxygen atoms in total. The summed E-state index contributed by atoms with van der Waals surface area (Å²) in [5.41, 5.74) is 0. The molecule has 0 spiro atoms. The van der Waals surface area contributed by atoms with Crippen LogP contribution in [0, 0.1) is 0 Å². The average Bonchev–Trinajstić information content (AvgIpc) is 3.06. The quantitative estimate of drug-likeness (QED) is 0.847. The Morgan fingerprint density at radius 3 is 2.90 bits per heavy atom. The monoisotopic (exact) mass is 306 g/mol. The molecule has 1 atom stereocenters. The fourth-order valence-corrected chi connectivity index (χ4v) is 2.71. The van der Waals surface area contributed by atoms with Gasteiger partial charge in [0.1, 0.15) is 0 Å². The van der Waals surface area contributed by atoms with Gasteiger partial charge in [0, 0.05) is 36.8 Å². The van der Waals surface area contributed by atoms with Crippen molar-refractivity contribution >= 4 is 23.2 Å². The number of imidazole rings is 1. The SMILES string of the molecule is CC(=O)NCc1ccc(C(=O)NC(C)Cn2ccnc2)s1. The van der Waals surface area contributed by atoms with E-state index >= 15 is 0 Å². The number of nitrogens with one attached hydrogen (secondary N) is 2. The molecule has 0 aliphatic heterocycles. The van der Waals surface area contributed by atoms with Crippen molar-refractivity contribution < 1.29 is 9.59 Å². The van der Waals surface area contributed by atoms with Crippen LogP contribution in [0.1, 0.15) is 28.4 Å². The Balaban J connectivity index is 1.86. The number of hydrogen-bond donors (Lipinski definition) is 2. The van der Waals surface area contributed by atoms with Gasteiger partial charge in [-0.15, -0.1) is 11.3 Å². The molecule has 21 heavy (non-hydrogen) atoms. The first-order chi connectivity index (χ1) is 10.0. The minimum atomic E-state index is -0.0957. The van der Waals surface area contributed by atoms with Gasteiger partial charge in [0.15, 0.2) is 0 Å². The molecule has 0 bridgehead atoms. The van der Waals surface area contributed by atoms with Gasteiger partial charge in [0.25, 0.3) is 5.91 Å². The molecule has 0 aliphatic rings. The van der Waals surface area contributed by atoms with Crippen molar-refractivity contribution in [3.05, 3.63) is 40.6 Å². The summed E-state index contributed by atoms with van der Waals surface area (Å²) in [6, 6.07) is 3.64. The summed E-state index contributed by atoms with van der Waals surface area (Å²) in [7, 11) is 0. The molecule has 0 aromatic carbocycles. The van der Waals surface area contributed by atoms with Gasteiger partial charge in [0.05, 0.1) is 17.7 Å². The topological polar surface area (TPSA) is 76.0 Å². The lowest BCUT2D eigenvalue weighted by atomic mass is 10.3. The molecule has 0 aliphatic carbocycles. The molecule has 1 unspecified atom stereocenters. The Hall–Kier alpha value is -2.15. The standard InChI is InChI=1S/C14H18N4O2S/c1-10(8-18-6-5-15-9-18)17-14(20)13-4-3-12(21-13)7-16-11(2)19/h3-6,9-10H,7-8H2,1-2H3,(H,16,19)(H,17,20). The van der Waals surface area contributed by atoms with E-state index in [1.807, 2.05) is 23.8 Å². The van der Waals surface area contributed by atoms with E-state index in [0.29, 0.717) is 18.0 Å². The zero-order valence-electron chi connectivity index (χ0n) is 12.0. The fraction of sp³-hybridized carbons (Fsp3) is 0.357. The lowest BCUT2D eigenvalue weighted by Gasteiger charge is -2.13. The van der Waals surface area contributed by atoms with Gasteiger partial charge in [-0.1, -0.05) is 0 Å². The highest BCUT2D eigenvalue weighted by molar-refractivity contribution is 7.14. The van der Waals surface area contributed by atoms with Crippen LogP contribution < -0.4 is 10.6 Å². The maximum absolute atomic E-state index is 12.1. The third-order valence-corrected chi connectivity index (χ3v) is 3.90. The first-order valence-electron chi connectivity index (χ1n) is 6.64. The molecule has 0 radical (unpaired) electrons. The van der Waals surface area contributed by atoms with Crippen LogP contribution in [-0.2, 0) is 17.9 Å². The van der Waals surface area contributed by atoms with Gasteiger partial charge in [0.2, 0.25) is 5.91 Å².